The van der Waals surface area contributed by atoms with Crippen LogP contribution in [0.25, 0.3) is 0 Å². The molecule has 0 aliphatic rings. The van der Waals surface area contributed by atoms with Crippen LogP contribution in [0, 0.1) is 6.07 Å². The van der Waals surface area contributed by atoms with Gasteiger partial charge in [0.15, 0.2) is 0 Å². The van der Waals surface area contributed by atoms with Crippen molar-refractivity contribution in [3.05, 3.63) is 35.9 Å². The molecule has 1 nitrogen and oxygen atoms in total. The molecule has 0 saturated heterocycles. The van der Waals surface area contributed by atoms with Crippen LogP contribution in [0.4, 0.5) is 0 Å². The van der Waals surface area contributed by atoms with Gasteiger partial charge in [0.2, 0.25) is 0 Å². The first kappa shape index (κ1) is 8.28. The number of rotatable bonds is 4. The van der Waals surface area contributed by atoms with E-state index in [2.05, 4.69) is 12.1 Å². The number of hydrogen-bond donors (Lipinski definition) is 1. The smallest absolute Gasteiger partial charge is 0.0431 e. The molecule has 1 aromatic rings. The molecule has 0 fully saturated rings. The Bertz CT molecular complexity index is 181. The van der Waals surface area contributed by atoms with Crippen LogP contribution in [0.15, 0.2) is 24.3 Å². The van der Waals surface area contributed by atoms with Gasteiger partial charge in [-0.25, -0.2) is 0 Å². The highest BCUT2D eigenvalue weighted by atomic mass is 16.2. The standard InChI is InChI=1S/C10H13O/c11-9-5-4-8-10-6-2-1-3-7-10/h1-2,6-7,11H,4-5,8-9H2. The lowest BCUT2D eigenvalue weighted by Crippen LogP contribution is -1.87. The van der Waals surface area contributed by atoms with E-state index in [4.69, 9.17) is 5.11 Å². The van der Waals surface area contributed by atoms with Crippen molar-refractivity contribution in [2.45, 2.75) is 19.3 Å². The zero-order valence-electron chi connectivity index (χ0n) is 6.59. The van der Waals surface area contributed by atoms with Crippen molar-refractivity contribution in [1.29, 1.82) is 0 Å². The Labute approximate surface area is 67.7 Å². The molecule has 1 N–H and O–H groups in total. The van der Waals surface area contributed by atoms with E-state index >= 15 is 0 Å². The maximum Gasteiger partial charge on any atom is 0.0431 e. The molecule has 0 aromatic heterocycles. The monoisotopic (exact) mass is 149 g/mol. The van der Waals surface area contributed by atoms with E-state index in [9.17, 15) is 0 Å². The summed E-state index contributed by atoms with van der Waals surface area (Å²) in [6.07, 6.45) is 3.02. The molecule has 0 aliphatic heterocycles. The number of unbranched alkanes of at least 4 members (excludes halogenated alkanes) is 1. The van der Waals surface area contributed by atoms with Gasteiger partial charge in [-0.05, 0) is 30.9 Å². The summed E-state index contributed by atoms with van der Waals surface area (Å²) in [5.74, 6) is 0. The molecule has 0 saturated carbocycles. The topological polar surface area (TPSA) is 20.2 Å². The second-order valence-corrected chi connectivity index (χ2v) is 2.59. The minimum Gasteiger partial charge on any atom is -0.396 e. The quantitative estimate of drug-likeness (QED) is 0.647. The lowest BCUT2D eigenvalue weighted by molar-refractivity contribution is 0.284. The molecule has 11 heavy (non-hydrogen) atoms. The molecule has 1 heteroatoms. The van der Waals surface area contributed by atoms with Crippen molar-refractivity contribution >= 4 is 0 Å². The first-order chi connectivity index (χ1) is 5.43. The number of aliphatic hydroxyl groups excluding tert-OH is 1. The fourth-order valence-electron chi connectivity index (χ4n) is 1.03. The molecule has 0 atom stereocenters. The van der Waals surface area contributed by atoms with Crippen molar-refractivity contribution < 1.29 is 5.11 Å². The van der Waals surface area contributed by atoms with E-state index in [0.717, 1.165) is 19.3 Å². The lowest BCUT2D eigenvalue weighted by atomic mass is 10.1. The van der Waals surface area contributed by atoms with E-state index in [1.165, 1.54) is 5.56 Å². The molecule has 0 spiro atoms. The van der Waals surface area contributed by atoms with Crippen LogP contribution < -0.4 is 0 Å². The van der Waals surface area contributed by atoms with Crippen molar-refractivity contribution in [2.24, 2.45) is 0 Å². The predicted octanol–water partition coefficient (Wildman–Crippen LogP) is 1.80. The van der Waals surface area contributed by atoms with Crippen LogP contribution in [0.2, 0.25) is 0 Å². The maximum absolute atomic E-state index is 8.54. The third-order valence-electron chi connectivity index (χ3n) is 1.65. The summed E-state index contributed by atoms with van der Waals surface area (Å²) in [4.78, 5) is 0. The van der Waals surface area contributed by atoms with Crippen LogP contribution >= 0.6 is 0 Å². The SMILES string of the molecule is OCCCCc1c[c]ccc1. The van der Waals surface area contributed by atoms with Gasteiger partial charge in [-0.1, -0.05) is 24.3 Å². The van der Waals surface area contributed by atoms with Gasteiger partial charge in [-0.3, -0.25) is 0 Å². The molecular weight excluding hydrogens is 136 g/mol. The number of aryl methyl sites for hydroxylation is 1. The van der Waals surface area contributed by atoms with Gasteiger partial charge < -0.3 is 5.11 Å². The van der Waals surface area contributed by atoms with Crippen LogP contribution in [0.3, 0.4) is 0 Å². The number of hydrogen-bond acceptors (Lipinski definition) is 1. The Morgan fingerprint density at radius 2 is 2.27 bits per heavy atom. The molecule has 1 rings (SSSR count). The van der Waals surface area contributed by atoms with Crippen molar-refractivity contribution in [3.63, 3.8) is 0 Å². The summed E-state index contributed by atoms with van der Waals surface area (Å²) in [6, 6.07) is 11.0. The summed E-state index contributed by atoms with van der Waals surface area (Å²) in [5.41, 5.74) is 1.31. The average molecular weight is 149 g/mol. The predicted molar refractivity (Wildman–Crippen MR) is 45.3 cm³/mol. The third kappa shape index (κ3) is 3.19. The van der Waals surface area contributed by atoms with E-state index < -0.39 is 0 Å². The second-order valence-electron chi connectivity index (χ2n) is 2.59. The van der Waals surface area contributed by atoms with E-state index in [1.54, 1.807) is 0 Å². The van der Waals surface area contributed by atoms with Gasteiger partial charge in [-0.15, -0.1) is 0 Å². The third-order valence-corrected chi connectivity index (χ3v) is 1.65. The molecule has 0 amide bonds. The fourth-order valence-corrected chi connectivity index (χ4v) is 1.03. The zero-order valence-corrected chi connectivity index (χ0v) is 6.59. The van der Waals surface area contributed by atoms with E-state index in [1.807, 2.05) is 18.2 Å². The summed E-state index contributed by atoms with van der Waals surface area (Å²) < 4.78 is 0. The summed E-state index contributed by atoms with van der Waals surface area (Å²) >= 11 is 0. The van der Waals surface area contributed by atoms with Crippen LogP contribution in [-0.4, -0.2) is 11.7 Å². The molecule has 1 aromatic carbocycles. The Morgan fingerprint density at radius 1 is 1.36 bits per heavy atom. The Balaban J connectivity index is 2.28. The summed E-state index contributed by atoms with van der Waals surface area (Å²) in [6.45, 7) is 0.302. The average Bonchev–Trinajstić information content (AvgIpc) is 2.07. The van der Waals surface area contributed by atoms with Gasteiger partial charge >= 0.3 is 0 Å². The Kier molecular flexibility index (Phi) is 3.70. The Morgan fingerprint density at radius 3 is 2.91 bits per heavy atom. The van der Waals surface area contributed by atoms with Crippen molar-refractivity contribution in [3.8, 4) is 0 Å². The normalized spacial score (nSPS) is 9.91. The van der Waals surface area contributed by atoms with Gasteiger partial charge in [0.1, 0.15) is 0 Å². The number of aliphatic hydroxyl groups is 1. The van der Waals surface area contributed by atoms with Gasteiger partial charge in [-0.2, -0.15) is 0 Å². The molecule has 1 radical (unpaired) electrons. The minimum atomic E-state index is 0.302. The van der Waals surface area contributed by atoms with Gasteiger partial charge in [0, 0.05) is 6.61 Å². The van der Waals surface area contributed by atoms with Gasteiger partial charge in [0.05, 0.1) is 0 Å². The molecule has 0 unspecified atom stereocenters. The lowest BCUT2D eigenvalue weighted by Gasteiger charge is -1.97. The summed E-state index contributed by atoms with van der Waals surface area (Å²) in [5, 5.41) is 8.54. The summed E-state index contributed by atoms with van der Waals surface area (Å²) in [7, 11) is 0. The highest BCUT2D eigenvalue weighted by molar-refractivity contribution is 5.13. The molecule has 0 aliphatic carbocycles. The first-order valence-corrected chi connectivity index (χ1v) is 3.99. The van der Waals surface area contributed by atoms with Crippen LogP contribution in [-0.2, 0) is 6.42 Å². The van der Waals surface area contributed by atoms with E-state index in [0.29, 0.717) is 6.61 Å². The molecular formula is C10H13O. The van der Waals surface area contributed by atoms with Crippen LogP contribution in [0.5, 0.6) is 0 Å². The minimum absolute atomic E-state index is 0.302. The number of benzene rings is 1. The second kappa shape index (κ2) is 4.91. The maximum atomic E-state index is 8.54. The van der Waals surface area contributed by atoms with Crippen molar-refractivity contribution in [1.82, 2.24) is 0 Å². The largest absolute Gasteiger partial charge is 0.396 e. The van der Waals surface area contributed by atoms with Crippen LogP contribution in [0.1, 0.15) is 18.4 Å². The van der Waals surface area contributed by atoms with Gasteiger partial charge in [0.25, 0.3) is 0 Å². The first-order valence-electron chi connectivity index (χ1n) is 3.99. The highest BCUT2D eigenvalue weighted by Gasteiger charge is 1.89. The fraction of sp³-hybridized carbons (Fsp3) is 0.400. The zero-order chi connectivity index (χ0) is 7.94. The Hall–Kier alpha value is -0.820. The van der Waals surface area contributed by atoms with E-state index in [-0.39, 0.29) is 0 Å². The highest BCUT2D eigenvalue weighted by Crippen LogP contribution is 2.02. The molecule has 0 heterocycles. The molecule has 0 bridgehead atoms. The molecule has 59 valence electrons. The van der Waals surface area contributed by atoms with Crippen molar-refractivity contribution in [2.75, 3.05) is 6.61 Å².